The molecule has 2 aromatic carbocycles. The molecule has 0 aliphatic heterocycles. The highest BCUT2D eigenvalue weighted by atomic mass is 35.5. The Hall–Kier alpha value is -2.06. The third-order valence-corrected chi connectivity index (χ3v) is 3.35. The first-order chi connectivity index (χ1) is 9.56. The van der Waals surface area contributed by atoms with Crippen LogP contribution in [0.4, 0.5) is 0 Å². The molecule has 0 saturated heterocycles. The Morgan fingerprint density at radius 1 is 1.10 bits per heavy atom. The molecule has 0 unspecified atom stereocenters. The van der Waals surface area contributed by atoms with Crippen LogP contribution in [0.15, 0.2) is 48.5 Å². The lowest BCUT2D eigenvalue weighted by molar-refractivity contribution is -0.128. The highest BCUT2D eigenvalue weighted by Crippen LogP contribution is 2.18. The molecule has 3 heteroatoms. The summed E-state index contributed by atoms with van der Waals surface area (Å²) in [6, 6.07) is 12.9. The highest BCUT2D eigenvalue weighted by molar-refractivity contribution is 6.32. The van der Waals surface area contributed by atoms with E-state index in [2.05, 4.69) is 0 Å². The molecule has 0 fully saturated rings. The summed E-state index contributed by atoms with van der Waals surface area (Å²) < 4.78 is 5.24. The molecule has 102 valence electrons. The first-order valence-electron chi connectivity index (χ1n) is 6.28. The van der Waals surface area contributed by atoms with Crippen LogP contribution in [-0.2, 0) is 4.79 Å². The second kappa shape index (κ2) is 6.40. The SMILES string of the molecule is Cc1ccc(OC(=O)/C=C/c2ccccc2Cl)cc1C. The molecule has 2 rings (SSSR count). The molecule has 2 aromatic rings. The normalized spacial score (nSPS) is 10.8. The minimum Gasteiger partial charge on any atom is -0.423 e. The average Bonchev–Trinajstić information content (AvgIpc) is 2.42. The summed E-state index contributed by atoms with van der Waals surface area (Å²) in [6.45, 7) is 3.99. The van der Waals surface area contributed by atoms with Crippen molar-refractivity contribution >= 4 is 23.6 Å². The molecular weight excluding hydrogens is 272 g/mol. The smallest absolute Gasteiger partial charge is 0.336 e. The monoisotopic (exact) mass is 286 g/mol. The van der Waals surface area contributed by atoms with Crippen molar-refractivity contribution in [2.75, 3.05) is 0 Å². The summed E-state index contributed by atoms with van der Waals surface area (Å²) in [6.07, 6.45) is 3.02. The summed E-state index contributed by atoms with van der Waals surface area (Å²) in [7, 11) is 0. The molecular formula is C17H15ClO2. The van der Waals surface area contributed by atoms with Crippen LogP contribution in [0, 0.1) is 13.8 Å². The molecule has 0 spiro atoms. The van der Waals surface area contributed by atoms with Gasteiger partial charge >= 0.3 is 5.97 Å². The Balaban J connectivity index is 2.06. The number of halogens is 1. The van der Waals surface area contributed by atoms with Crippen LogP contribution in [-0.4, -0.2) is 5.97 Å². The Labute approximate surface area is 123 Å². The lowest BCUT2D eigenvalue weighted by Gasteiger charge is -2.04. The maximum atomic E-state index is 11.7. The van der Waals surface area contributed by atoms with Gasteiger partial charge in [0.05, 0.1) is 0 Å². The lowest BCUT2D eigenvalue weighted by atomic mass is 10.1. The molecule has 2 nitrogen and oxygen atoms in total. The van der Waals surface area contributed by atoms with E-state index >= 15 is 0 Å². The number of ether oxygens (including phenoxy) is 1. The van der Waals surface area contributed by atoms with E-state index in [1.807, 2.05) is 44.2 Å². The van der Waals surface area contributed by atoms with Gasteiger partial charge in [-0.1, -0.05) is 35.9 Å². The molecule has 0 heterocycles. The van der Waals surface area contributed by atoms with Crippen molar-refractivity contribution < 1.29 is 9.53 Å². The van der Waals surface area contributed by atoms with Gasteiger partial charge in [0.25, 0.3) is 0 Å². The highest BCUT2D eigenvalue weighted by Gasteiger charge is 2.02. The second-order valence-corrected chi connectivity index (χ2v) is 4.93. The van der Waals surface area contributed by atoms with Crippen LogP contribution >= 0.6 is 11.6 Å². The number of aryl methyl sites for hydroxylation is 2. The van der Waals surface area contributed by atoms with E-state index in [1.54, 1.807) is 18.2 Å². The van der Waals surface area contributed by atoms with Crippen molar-refractivity contribution in [2.45, 2.75) is 13.8 Å². The quantitative estimate of drug-likeness (QED) is 0.469. The zero-order valence-corrected chi connectivity index (χ0v) is 12.1. The van der Waals surface area contributed by atoms with Crippen molar-refractivity contribution in [3.63, 3.8) is 0 Å². The van der Waals surface area contributed by atoms with Crippen LogP contribution in [0.5, 0.6) is 5.75 Å². The van der Waals surface area contributed by atoms with E-state index < -0.39 is 5.97 Å². The number of benzene rings is 2. The van der Waals surface area contributed by atoms with Gasteiger partial charge in [-0.25, -0.2) is 4.79 Å². The summed E-state index contributed by atoms with van der Waals surface area (Å²) in [5.41, 5.74) is 3.04. The zero-order valence-electron chi connectivity index (χ0n) is 11.4. The van der Waals surface area contributed by atoms with Gasteiger partial charge in [0.1, 0.15) is 5.75 Å². The second-order valence-electron chi connectivity index (χ2n) is 4.52. The van der Waals surface area contributed by atoms with Crippen molar-refractivity contribution in [3.05, 3.63) is 70.3 Å². The molecule has 0 aliphatic rings. The van der Waals surface area contributed by atoms with E-state index in [1.165, 1.54) is 6.08 Å². The first kappa shape index (κ1) is 14.4. The summed E-state index contributed by atoms with van der Waals surface area (Å²) in [5.74, 6) is 0.120. The van der Waals surface area contributed by atoms with E-state index in [9.17, 15) is 4.79 Å². The van der Waals surface area contributed by atoms with Gasteiger partial charge < -0.3 is 4.74 Å². The van der Waals surface area contributed by atoms with Gasteiger partial charge in [-0.2, -0.15) is 0 Å². The van der Waals surface area contributed by atoms with Crippen molar-refractivity contribution in [2.24, 2.45) is 0 Å². The molecule has 20 heavy (non-hydrogen) atoms. The molecule has 0 saturated carbocycles. The third-order valence-electron chi connectivity index (χ3n) is 3.00. The van der Waals surface area contributed by atoms with Gasteiger partial charge in [-0.3, -0.25) is 0 Å². The summed E-state index contributed by atoms with van der Waals surface area (Å²) >= 11 is 6.00. The molecule has 0 amide bonds. The minimum absolute atomic E-state index is 0.423. The maximum Gasteiger partial charge on any atom is 0.336 e. The standard InChI is InChI=1S/C17H15ClO2/c1-12-7-9-15(11-13(12)2)20-17(19)10-8-14-5-3-4-6-16(14)18/h3-11H,1-2H3/b10-8+. The van der Waals surface area contributed by atoms with E-state index in [4.69, 9.17) is 16.3 Å². The predicted molar refractivity (Wildman–Crippen MR) is 82.0 cm³/mol. The van der Waals surface area contributed by atoms with E-state index in [-0.39, 0.29) is 0 Å². The Morgan fingerprint density at radius 2 is 1.85 bits per heavy atom. The van der Waals surface area contributed by atoms with Gasteiger partial charge in [-0.15, -0.1) is 0 Å². The zero-order chi connectivity index (χ0) is 14.5. The lowest BCUT2D eigenvalue weighted by Crippen LogP contribution is -2.03. The predicted octanol–water partition coefficient (Wildman–Crippen LogP) is 4.58. The molecule has 0 aliphatic carbocycles. The number of hydrogen-bond acceptors (Lipinski definition) is 2. The van der Waals surface area contributed by atoms with E-state index in [0.717, 1.165) is 16.7 Å². The maximum absolute atomic E-state index is 11.7. The fraction of sp³-hybridized carbons (Fsp3) is 0.118. The molecule has 0 N–H and O–H groups in total. The molecule has 0 aromatic heterocycles. The molecule has 0 bridgehead atoms. The molecule has 0 radical (unpaired) electrons. The largest absolute Gasteiger partial charge is 0.423 e. The third kappa shape index (κ3) is 3.72. The van der Waals surface area contributed by atoms with Gasteiger partial charge in [0, 0.05) is 11.1 Å². The van der Waals surface area contributed by atoms with Gasteiger partial charge in [0.2, 0.25) is 0 Å². The molecule has 0 atom stereocenters. The fourth-order valence-corrected chi connectivity index (χ4v) is 1.89. The van der Waals surface area contributed by atoms with Crippen molar-refractivity contribution in [3.8, 4) is 5.75 Å². The van der Waals surface area contributed by atoms with Crippen molar-refractivity contribution in [1.82, 2.24) is 0 Å². The fourth-order valence-electron chi connectivity index (χ4n) is 1.70. The van der Waals surface area contributed by atoms with Crippen LogP contribution in [0.1, 0.15) is 16.7 Å². The van der Waals surface area contributed by atoms with Crippen molar-refractivity contribution in [1.29, 1.82) is 0 Å². The number of carbonyl (C=O) groups excluding carboxylic acids is 1. The summed E-state index contributed by atoms with van der Waals surface area (Å²) in [5, 5.41) is 0.600. The van der Waals surface area contributed by atoms with Crippen LogP contribution in [0.3, 0.4) is 0 Å². The summed E-state index contributed by atoms with van der Waals surface area (Å²) in [4.78, 5) is 11.7. The average molecular weight is 287 g/mol. The minimum atomic E-state index is -0.423. The van der Waals surface area contributed by atoms with E-state index in [0.29, 0.717) is 10.8 Å². The topological polar surface area (TPSA) is 26.3 Å². The number of rotatable bonds is 3. The first-order valence-corrected chi connectivity index (χ1v) is 6.66. The number of hydrogen-bond donors (Lipinski definition) is 0. The van der Waals surface area contributed by atoms with Crippen LogP contribution in [0.2, 0.25) is 5.02 Å². The van der Waals surface area contributed by atoms with Gasteiger partial charge in [-0.05, 0) is 54.8 Å². The number of carbonyl (C=O) groups is 1. The Morgan fingerprint density at radius 3 is 2.55 bits per heavy atom. The Bertz CT molecular complexity index is 660. The Kier molecular flexibility index (Phi) is 4.59. The van der Waals surface area contributed by atoms with Crippen LogP contribution < -0.4 is 4.74 Å². The number of esters is 1. The van der Waals surface area contributed by atoms with Gasteiger partial charge in [0.15, 0.2) is 0 Å². The van der Waals surface area contributed by atoms with Crippen LogP contribution in [0.25, 0.3) is 6.08 Å².